The first kappa shape index (κ1) is 14.5. The summed E-state index contributed by atoms with van der Waals surface area (Å²) < 4.78 is 5.36. The molecule has 0 saturated carbocycles. The number of hydrogen-bond donors (Lipinski definition) is 1. The zero-order valence-corrected chi connectivity index (χ0v) is 12.2. The number of rotatable bonds is 7. The summed E-state index contributed by atoms with van der Waals surface area (Å²) in [4.78, 5) is 11.7. The number of carbonyl (C=O) groups is 1. The van der Waals surface area contributed by atoms with Gasteiger partial charge in [-0.05, 0) is 18.6 Å². The Balaban J connectivity index is 1.78. The predicted octanol–water partition coefficient (Wildman–Crippen LogP) is 2.90. The minimum absolute atomic E-state index is 0.0338. The predicted molar refractivity (Wildman–Crippen MR) is 79.1 cm³/mol. The highest BCUT2D eigenvalue weighted by atomic mass is 32.1. The zero-order valence-electron chi connectivity index (χ0n) is 11.3. The van der Waals surface area contributed by atoms with E-state index in [1.807, 2.05) is 18.2 Å². The van der Waals surface area contributed by atoms with Crippen LogP contribution in [0.15, 0.2) is 30.3 Å². The summed E-state index contributed by atoms with van der Waals surface area (Å²) in [5, 5.41) is 12.1. The fourth-order valence-electron chi connectivity index (χ4n) is 1.55. The van der Waals surface area contributed by atoms with Gasteiger partial charge in [0.1, 0.15) is 10.8 Å². The van der Waals surface area contributed by atoms with Crippen LogP contribution in [0.4, 0.5) is 5.13 Å². The maximum atomic E-state index is 11.7. The molecule has 0 saturated heterocycles. The number of carbonyl (C=O) groups excluding carboxylic acids is 1. The minimum Gasteiger partial charge on any atom is -0.484 e. The van der Waals surface area contributed by atoms with Crippen molar-refractivity contribution in [3.05, 3.63) is 35.3 Å². The van der Waals surface area contributed by atoms with Crippen LogP contribution in [0.2, 0.25) is 0 Å². The van der Waals surface area contributed by atoms with E-state index in [1.165, 1.54) is 11.3 Å². The first-order valence-corrected chi connectivity index (χ1v) is 7.39. The van der Waals surface area contributed by atoms with Crippen LogP contribution in [0.3, 0.4) is 0 Å². The Labute approximate surface area is 122 Å². The van der Waals surface area contributed by atoms with E-state index in [2.05, 4.69) is 22.4 Å². The van der Waals surface area contributed by atoms with Gasteiger partial charge in [0.25, 0.3) is 5.91 Å². The van der Waals surface area contributed by atoms with Crippen molar-refractivity contribution in [2.24, 2.45) is 0 Å². The van der Waals surface area contributed by atoms with Gasteiger partial charge >= 0.3 is 0 Å². The molecular weight excluding hydrogens is 274 g/mol. The molecule has 0 atom stereocenters. The molecule has 2 rings (SSSR count). The van der Waals surface area contributed by atoms with E-state index >= 15 is 0 Å². The number of para-hydroxylation sites is 1. The minimum atomic E-state index is -0.230. The molecule has 106 valence electrons. The van der Waals surface area contributed by atoms with Crippen molar-refractivity contribution in [3.63, 3.8) is 0 Å². The van der Waals surface area contributed by atoms with Crippen LogP contribution in [-0.2, 0) is 11.2 Å². The van der Waals surface area contributed by atoms with Crippen molar-refractivity contribution in [1.29, 1.82) is 0 Å². The molecule has 0 bridgehead atoms. The molecular formula is C14H17N3O2S. The number of anilines is 1. The van der Waals surface area contributed by atoms with Crippen LogP contribution in [0, 0.1) is 0 Å². The SMILES string of the molecule is CCCCc1nnc(NC(=O)COc2ccccc2)s1. The van der Waals surface area contributed by atoms with E-state index in [9.17, 15) is 4.79 Å². The number of hydrogen-bond acceptors (Lipinski definition) is 5. The fraction of sp³-hybridized carbons (Fsp3) is 0.357. The second-order valence-corrected chi connectivity index (χ2v) is 5.32. The van der Waals surface area contributed by atoms with Crippen LogP contribution in [0.25, 0.3) is 0 Å². The van der Waals surface area contributed by atoms with Crippen LogP contribution >= 0.6 is 11.3 Å². The van der Waals surface area contributed by atoms with Crippen LogP contribution < -0.4 is 10.1 Å². The average molecular weight is 291 g/mol. The second kappa shape index (κ2) is 7.59. The van der Waals surface area contributed by atoms with Gasteiger partial charge in [0, 0.05) is 6.42 Å². The number of aromatic nitrogens is 2. The van der Waals surface area contributed by atoms with Crippen LogP contribution in [-0.4, -0.2) is 22.7 Å². The highest BCUT2D eigenvalue weighted by molar-refractivity contribution is 7.15. The maximum absolute atomic E-state index is 11.7. The van der Waals surface area contributed by atoms with Crippen molar-refractivity contribution in [3.8, 4) is 5.75 Å². The Kier molecular flexibility index (Phi) is 5.49. The van der Waals surface area contributed by atoms with Crippen molar-refractivity contribution in [1.82, 2.24) is 10.2 Å². The first-order chi connectivity index (χ1) is 9.78. The Morgan fingerprint density at radius 3 is 2.85 bits per heavy atom. The first-order valence-electron chi connectivity index (χ1n) is 6.58. The van der Waals surface area contributed by atoms with E-state index in [0.29, 0.717) is 10.9 Å². The van der Waals surface area contributed by atoms with E-state index in [1.54, 1.807) is 12.1 Å². The van der Waals surface area contributed by atoms with E-state index < -0.39 is 0 Å². The molecule has 1 aromatic carbocycles. The van der Waals surface area contributed by atoms with Gasteiger partial charge in [-0.1, -0.05) is 42.9 Å². The lowest BCUT2D eigenvalue weighted by Gasteiger charge is -2.04. The van der Waals surface area contributed by atoms with Gasteiger partial charge in [0.05, 0.1) is 0 Å². The van der Waals surface area contributed by atoms with Crippen molar-refractivity contribution < 1.29 is 9.53 Å². The average Bonchev–Trinajstić information content (AvgIpc) is 2.91. The van der Waals surface area contributed by atoms with E-state index in [4.69, 9.17) is 4.74 Å². The number of benzene rings is 1. The number of amides is 1. The monoisotopic (exact) mass is 291 g/mol. The highest BCUT2D eigenvalue weighted by Gasteiger charge is 2.08. The number of nitrogens with one attached hydrogen (secondary N) is 1. The summed E-state index contributed by atoms with van der Waals surface area (Å²) in [6.07, 6.45) is 3.11. The summed E-state index contributed by atoms with van der Waals surface area (Å²) in [5.41, 5.74) is 0. The van der Waals surface area contributed by atoms with Crippen molar-refractivity contribution >= 4 is 22.4 Å². The smallest absolute Gasteiger partial charge is 0.264 e. The number of nitrogens with zero attached hydrogens (tertiary/aromatic N) is 2. The molecule has 0 fully saturated rings. The van der Waals surface area contributed by atoms with Gasteiger partial charge < -0.3 is 4.74 Å². The Morgan fingerprint density at radius 1 is 1.30 bits per heavy atom. The van der Waals surface area contributed by atoms with E-state index in [-0.39, 0.29) is 12.5 Å². The Hall–Kier alpha value is -1.95. The molecule has 0 aliphatic heterocycles. The maximum Gasteiger partial charge on any atom is 0.264 e. The third kappa shape index (κ3) is 4.62. The molecule has 5 nitrogen and oxygen atoms in total. The summed E-state index contributed by atoms with van der Waals surface area (Å²) in [6, 6.07) is 9.23. The van der Waals surface area contributed by atoms with Gasteiger partial charge in [-0.15, -0.1) is 10.2 Å². The Bertz CT molecular complexity index is 542. The molecule has 1 aromatic heterocycles. The highest BCUT2D eigenvalue weighted by Crippen LogP contribution is 2.17. The molecule has 20 heavy (non-hydrogen) atoms. The quantitative estimate of drug-likeness (QED) is 0.852. The molecule has 0 radical (unpaired) electrons. The third-order valence-corrected chi connectivity index (χ3v) is 3.47. The van der Waals surface area contributed by atoms with Crippen LogP contribution in [0.1, 0.15) is 24.8 Å². The lowest BCUT2D eigenvalue weighted by Crippen LogP contribution is -2.20. The molecule has 1 N–H and O–H groups in total. The van der Waals surface area contributed by atoms with Gasteiger partial charge in [0.15, 0.2) is 6.61 Å². The number of aryl methyl sites for hydroxylation is 1. The number of ether oxygens (including phenoxy) is 1. The molecule has 0 aliphatic carbocycles. The lowest BCUT2D eigenvalue weighted by molar-refractivity contribution is -0.118. The van der Waals surface area contributed by atoms with Crippen LogP contribution in [0.5, 0.6) is 5.75 Å². The summed E-state index contributed by atoms with van der Waals surface area (Å²) in [7, 11) is 0. The molecule has 6 heteroatoms. The lowest BCUT2D eigenvalue weighted by atomic mass is 10.3. The van der Waals surface area contributed by atoms with Crippen molar-refractivity contribution in [2.45, 2.75) is 26.2 Å². The fourth-order valence-corrected chi connectivity index (χ4v) is 2.35. The standard InChI is InChI=1S/C14H17N3O2S/c1-2-3-9-13-16-17-14(20-13)15-12(18)10-19-11-7-5-4-6-8-11/h4-8H,2-3,9-10H2,1H3,(H,15,17,18). The topological polar surface area (TPSA) is 64.1 Å². The van der Waals surface area contributed by atoms with Gasteiger partial charge in [-0.25, -0.2) is 0 Å². The molecule has 0 aliphatic rings. The van der Waals surface area contributed by atoms with Gasteiger partial charge in [0.2, 0.25) is 5.13 Å². The molecule has 2 aromatic rings. The number of unbranched alkanes of at least 4 members (excludes halogenated alkanes) is 1. The van der Waals surface area contributed by atoms with Gasteiger partial charge in [-0.3, -0.25) is 10.1 Å². The molecule has 1 amide bonds. The van der Waals surface area contributed by atoms with Crippen molar-refractivity contribution in [2.75, 3.05) is 11.9 Å². The Morgan fingerprint density at radius 2 is 2.10 bits per heavy atom. The summed E-state index contributed by atoms with van der Waals surface area (Å²) in [5.74, 6) is 0.440. The molecule has 0 unspecified atom stereocenters. The largest absolute Gasteiger partial charge is 0.484 e. The molecule has 1 heterocycles. The van der Waals surface area contributed by atoms with E-state index in [0.717, 1.165) is 24.3 Å². The van der Waals surface area contributed by atoms with Gasteiger partial charge in [-0.2, -0.15) is 0 Å². The second-order valence-electron chi connectivity index (χ2n) is 4.25. The summed E-state index contributed by atoms with van der Waals surface area (Å²) in [6.45, 7) is 2.10. The third-order valence-electron chi connectivity index (χ3n) is 2.57. The zero-order chi connectivity index (χ0) is 14.2. The normalized spacial score (nSPS) is 10.2. The molecule has 0 spiro atoms. The summed E-state index contributed by atoms with van der Waals surface area (Å²) >= 11 is 1.41.